The van der Waals surface area contributed by atoms with Crippen LogP contribution in [-0.2, 0) is 47.6 Å². The first kappa shape index (κ1) is 78.7. The molecule has 1 unspecified atom stereocenters. The zero-order valence-corrected chi connectivity index (χ0v) is 56.3. The summed E-state index contributed by atoms with van der Waals surface area (Å²) in [7, 11) is 0. The fourth-order valence-corrected chi connectivity index (χ4v) is 16.0. The summed E-state index contributed by atoms with van der Waals surface area (Å²) in [5.41, 5.74) is 1.36. The molecule has 24 nitrogen and oxygen atoms in total. The molecule has 96 heavy (non-hydrogen) atoms. The molecule has 0 aromatic carbocycles. The van der Waals surface area contributed by atoms with Gasteiger partial charge in [-0.05, 0) is 117 Å². The molecule has 25 heteroatoms. The van der Waals surface area contributed by atoms with Crippen LogP contribution in [-0.4, -0.2) is 223 Å². The Morgan fingerprint density at radius 1 is 0.698 bits per heavy atom. The Labute approximate surface area is 561 Å². The number of carbonyl (C=O) groups is 4. The summed E-state index contributed by atoms with van der Waals surface area (Å²) in [6, 6.07) is -1.14. The average Bonchev–Trinajstić information content (AvgIpc) is 1.37. The van der Waals surface area contributed by atoms with Gasteiger partial charge in [-0.2, -0.15) is 0 Å². The number of aliphatic carboxylic acids is 1. The van der Waals surface area contributed by atoms with Crippen LogP contribution in [0, 0.1) is 40.4 Å². The molecule has 4 aliphatic carbocycles. The Hall–Kier alpha value is -4.59. The molecule has 0 radical (unpaired) electrons. The molecule has 3 saturated heterocycles. The van der Waals surface area contributed by atoms with Gasteiger partial charge in [-0.1, -0.05) is 105 Å². The number of ether oxygens (including phenoxy) is 6. The lowest BCUT2D eigenvalue weighted by Gasteiger charge is -2.62. The van der Waals surface area contributed by atoms with Gasteiger partial charge in [0.2, 0.25) is 0 Å². The highest BCUT2D eigenvalue weighted by Crippen LogP contribution is 2.72. The summed E-state index contributed by atoms with van der Waals surface area (Å²) in [6.45, 7) is 13.2. The van der Waals surface area contributed by atoms with Crippen molar-refractivity contribution in [1.29, 1.82) is 0 Å². The number of rotatable bonds is 5. The zero-order chi connectivity index (χ0) is 71.0. The third-order valence-corrected chi connectivity index (χ3v) is 21.4. The number of halogens is 1. The van der Waals surface area contributed by atoms with Crippen LogP contribution in [0.2, 0.25) is 0 Å². The van der Waals surface area contributed by atoms with E-state index in [9.17, 15) is 85.6 Å². The first-order chi connectivity index (χ1) is 45.0. The minimum Gasteiger partial charge on any atom is -0.481 e. The quantitative estimate of drug-likeness (QED) is 0.175. The van der Waals surface area contributed by atoms with Gasteiger partial charge in [0.1, 0.15) is 24.7 Å². The number of fused-ring (bicyclic) bond motifs is 9. The molecular formula is C71H106FNO23. The number of ketones is 2. The van der Waals surface area contributed by atoms with Crippen molar-refractivity contribution in [2.45, 2.75) is 272 Å². The highest BCUT2D eigenvalue weighted by Gasteiger charge is 2.80. The number of carbonyl (C=O) groups excluding carboxylic acids is 3. The second-order valence-electron chi connectivity index (χ2n) is 28.8. The lowest BCUT2D eigenvalue weighted by Crippen LogP contribution is -2.70. The highest BCUT2D eigenvalue weighted by atomic mass is 19.1. The number of hydrogen-bond donors (Lipinski definition) is 14. The van der Waals surface area contributed by atoms with Crippen LogP contribution >= 0.6 is 0 Å². The molecule has 3 saturated carbocycles. The van der Waals surface area contributed by atoms with Crippen molar-refractivity contribution >= 4 is 23.5 Å². The van der Waals surface area contributed by atoms with E-state index in [1.54, 1.807) is 65.0 Å². The molecule has 6 fully saturated rings. The van der Waals surface area contributed by atoms with Crippen molar-refractivity contribution in [3.63, 3.8) is 0 Å². The number of cyclic esters (lactones) is 1. The van der Waals surface area contributed by atoms with Gasteiger partial charge >= 0.3 is 11.9 Å². The maximum atomic E-state index is 17.1. The molecule has 27 atom stereocenters. The van der Waals surface area contributed by atoms with Crippen molar-refractivity contribution in [2.75, 3.05) is 6.61 Å². The largest absolute Gasteiger partial charge is 0.481 e. The molecule has 4 heterocycles. The molecule has 8 aliphatic rings. The van der Waals surface area contributed by atoms with Gasteiger partial charge in [-0.25, -0.2) is 4.39 Å². The maximum absolute atomic E-state index is 17.1. The van der Waals surface area contributed by atoms with Crippen LogP contribution in [0.25, 0.3) is 0 Å². The summed E-state index contributed by atoms with van der Waals surface area (Å²) >= 11 is 0. The van der Waals surface area contributed by atoms with Crippen LogP contribution < -0.4 is 5.73 Å². The molecular weight excluding hydrogens is 1250 g/mol. The summed E-state index contributed by atoms with van der Waals surface area (Å²) < 4.78 is 52.7. The second kappa shape index (κ2) is 32.8. The lowest BCUT2D eigenvalue weighted by atomic mass is 9.44. The summed E-state index contributed by atoms with van der Waals surface area (Å²) in [4.78, 5) is 50.2. The number of Topliss-reactive ketones (excluding diaryl/α,β-unsaturated/α-hetero) is 1. The monoisotopic (exact) mass is 1360 g/mol. The average molecular weight is 1360 g/mol. The van der Waals surface area contributed by atoms with Crippen molar-refractivity contribution in [3.8, 4) is 0 Å². The molecule has 0 amide bonds. The number of carboxylic acid groups (broad SMARTS) is 1. The van der Waals surface area contributed by atoms with Gasteiger partial charge in [0, 0.05) is 47.8 Å². The topological polar surface area (TPSA) is 413 Å². The number of aliphatic hydroxyl groups is 12. The van der Waals surface area contributed by atoms with E-state index in [0.29, 0.717) is 19.3 Å². The van der Waals surface area contributed by atoms with Crippen molar-refractivity contribution in [3.05, 3.63) is 96.7 Å². The molecule has 540 valence electrons. The summed E-state index contributed by atoms with van der Waals surface area (Å²) in [6.07, 6.45) is 6.28. The van der Waals surface area contributed by atoms with Gasteiger partial charge < -0.3 is 101 Å². The number of esters is 1. The fourth-order valence-electron chi connectivity index (χ4n) is 16.0. The van der Waals surface area contributed by atoms with Gasteiger partial charge in [-0.15, -0.1) is 0 Å². The van der Waals surface area contributed by atoms with E-state index in [0.717, 1.165) is 18.4 Å². The van der Waals surface area contributed by atoms with E-state index in [1.807, 2.05) is 56.4 Å². The van der Waals surface area contributed by atoms with Crippen LogP contribution in [0.4, 0.5) is 4.39 Å². The molecule has 0 aromatic heterocycles. The maximum Gasteiger partial charge on any atom is 0.311 e. The summed E-state index contributed by atoms with van der Waals surface area (Å²) in [5.74, 6) is -9.28. The zero-order valence-electron chi connectivity index (χ0n) is 56.3. The predicted octanol–water partition coefficient (Wildman–Crippen LogP) is 3.35. The lowest BCUT2D eigenvalue weighted by molar-refractivity contribution is -0.310. The molecule has 0 spiro atoms. The first-order valence-corrected chi connectivity index (χ1v) is 33.8. The van der Waals surface area contributed by atoms with Gasteiger partial charge in [0.05, 0.1) is 91.8 Å². The van der Waals surface area contributed by atoms with Crippen molar-refractivity contribution in [1.82, 2.24) is 0 Å². The Balaban J connectivity index is 0.000000344. The van der Waals surface area contributed by atoms with E-state index in [2.05, 4.69) is 0 Å². The van der Waals surface area contributed by atoms with E-state index in [-0.39, 0.29) is 56.1 Å². The smallest absolute Gasteiger partial charge is 0.311 e. The van der Waals surface area contributed by atoms with E-state index >= 15 is 4.39 Å². The number of carboxylic acids is 1. The third-order valence-electron chi connectivity index (χ3n) is 21.4. The van der Waals surface area contributed by atoms with Crippen LogP contribution in [0.1, 0.15) is 145 Å². The number of aliphatic hydroxyl groups excluding tert-OH is 11. The SMILES string of the molecule is CC1(C)O[C@@H]2C[C@H]3[C@@H]4CCC5=CC(=O)C=C[C@]5(C)[C@@]4(F)[C@@H](O)C[C@]3(C)[C@]2(C(=O)CO)O1.C[C@@H]1[C@H](O)[C@@H](C)/C=C/C=C/CC/C=C/C=C/C=C/C=C/[C@H](O[C@H]2O[C@@H](C)[C@H](O)[C@@H](N)[C@H]2O)C[C@@H]2OC(O)(C[C@@H](O)[C@H](O)CC[C@@H](O)C[C@@H](O)C[C@@H](O)CC(=O)O[C@H]1C)C[C@H](O)[C@H]2C(=O)O. The molecule has 15 N–H and O–H groups in total. The summed E-state index contributed by atoms with van der Waals surface area (Å²) in [5, 5.41) is 139. The molecule has 8 rings (SSSR count). The second-order valence-corrected chi connectivity index (χ2v) is 28.8. The van der Waals surface area contributed by atoms with Crippen LogP contribution in [0.3, 0.4) is 0 Å². The van der Waals surface area contributed by atoms with Gasteiger partial charge in [-0.3, -0.25) is 19.2 Å². The van der Waals surface area contributed by atoms with E-state index in [4.69, 9.17) is 34.2 Å². The van der Waals surface area contributed by atoms with Crippen molar-refractivity contribution < 1.29 is 118 Å². The van der Waals surface area contributed by atoms with Crippen LogP contribution in [0.15, 0.2) is 96.7 Å². The van der Waals surface area contributed by atoms with E-state index < -0.39 is 199 Å². The number of nitrogens with two attached hydrogens (primary N) is 1. The minimum absolute atomic E-state index is 0.0109. The molecule has 2 bridgehead atoms. The van der Waals surface area contributed by atoms with Crippen molar-refractivity contribution in [2.24, 2.45) is 46.2 Å². The van der Waals surface area contributed by atoms with Gasteiger partial charge in [0.25, 0.3) is 0 Å². The predicted molar refractivity (Wildman–Crippen MR) is 346 cm³/mol. The Kier molecular flexibility index (Phi) is 26.9. The Bertz CT molecular complexity index is 2910. The van der Waals surface area contributed by atoms with Gasteiger partial charge in [0.15, 0.2) is 40.7 Å². The third kappa shape index (κ3) is 17.6. The number of allylic oxidation sites excluding steroid dienone is 14. The first-order valence-electron chi connectivity index (χ1n) is 33.8. The Morgan fingerprint density at radius 2 is 1.32 bits per heavy atom. The van der Waals surface area contributed by atoms with E-state index in [1.165, 1.54) is 25.2 Å². The Morgan fingerprint density at radius 3 is 1.99 bits per heavy atom. The molecule has 0 aromatic rings. The standard InChI is InChI=1S/C47H75NO17.C24H31FO6/c1-27-17-15-13-11-9-7-5-6-8-10-12-14-16-18-34(64-46-44(58)41(48)43(57)30(4)63-46)24-38-40(45(59)60)37(54)26-47(61,65-38)25-36(53)35(52)20-19-31(49)21-32(50)22-33(51)23-39(55)62-29(3)28(2)42(27)56;1-20(2)30-19-10-16-15-6-5-13-9-14(27)7-8-21(13,3)23(15,25)17(28)11-22(16,4)24(19,31-20)18(29)12-26/h5-6,8,10-18,27-38,40-44,46,49-54,56-58,61H,7,9,19-26,48H2,1-4H3,(H,59,60);7-9,15-17,19,26,28H,5-6,10-12H2,1-4H3/b6-5+,10-8+,13-11+,14-12+,17-15+,18-16+;/t27-,28-,29-,30-,31+,32+,33+,34-,35+,36+,37-,38-,40+,41+,42+,43-,44+,46+,47?;15-,16-,17-,19+,21-,22-,23-,24+/m00/s1. The fraction of sp³-hybridized carbons (Fsp3) is 0.718. The minimum atomic E-state index is -2.35. The molecule has 4 aliphatic heterocycles. The number of hydrogen-bond acceptors (Lipinski definition) is 23. The highest BCUT2D eigenvalue weighted by molar-refractivity contribution is 6.01. The normalized spacial score (nSPS) is 47.5. The van der Waals surface area contributed by atoms with Crippen LogP contribution in [0.5, 0.6) is 0 Å². The number of alkyl halides is 1.